The molecular formula is C15H19N5O. The number of aromatic nitrogens is 3. The molecule has 2 aromatic heterocycles. The molecule has 0 saturated heterocycles. The summed E-state index contributed by atoms with van der Waals surface area (Å²) in [5, 5.41) is 3.00. The topological polar surface area (TPSA) is 63.1 Å². The van der Waals surface area contributed by atoms with Crippen LogP contribution >= 0.6 is 0 Å². The lowest BCUT2D eigenvalue weighted by atomic mass is 10.2. The second kappa shape index (κ2) is 5.20. The fourth-order valence-electron chi connectivity index (χ4n) is 2.14. The van der Waals surface area contributed by atoms with Gasteiger partial charge in [0.05, 0.1) is 0 Å². The Bertz CT molecular complexity index is 655. The third-order valence-corrected chi connectivity index (χ3v) is 3.52. The second-order valence-electron chi connectivity index (χ2n) is 5.64. The smallest absolute Gasteiger partial charge is 0.268 e. The molecule has 0 radical (unpaired) electrons. The van der Waals surface area contributed by atoms with Crippen molar-refractivity contribution in [1.82, 2.24) is 19.9 Å². The first kappa shape index (κ1) is 13.6. The fourth-order valence-corrected chi connectivity index (χ4v) is 2.14. The number of carbonyl (C=O) groups excluding carboxylic acids is 1. The van der Waals surface area contributed by atoms with Crippen LogP contribution in [-0.4, -0.2) is 40.6 Å². The number of aryl methyl sites for hydroxylation is 1. The molecule has 6 heteroatoms. The lowest BCUT2D eigenvalue weighted by Gasteiger charge is -2.09. The van der Waals surface area contributed by atoms with Gasteiger partial charge in [0.2, 0.25) is 5.95 Å². The third-order valence-electron chi connectivity index (χ3n) is 3.52. The van der Waals surface area contributed by atoms with E-state index in [1.807, 2.05) is 42.9 Å². The molecule has 2 heterocycles. The van der Waals surface area contributed by atoms with Gasteiger partial charge >= 0.3 is 0 Å². The highest BCUT2D eigenvalue weighted by Gasteiger charge is 2.25. The molecule has 0 aromatic carbocycles. The van der Waals surface area contributed by atoms with E-state index in [9.17, 15) is 4.79 Å². The van der Waals surface area contributed by atoms with Crippen LogP contribution in [0.25, 0.3) is 11.1 Å². The van der Waals surface area contributed by atoms with Crippen LogP contribution in [0.15, 0.2) is 24.7 Å². The zero-order chi connectivity index (χ0) is 15.0. The predicted molar refractivity (Wildman–Crippen MR) is 81.3 cm³/mol. The van der Waals surface area contributed by atoms with E-state index in [1.54, 1.807) is 12.4 Å². The predicted octanol–water partition coefficient (Wildman–Crippen LogP) is 1.44. The normalized spacial score (nSPS) is 14.0. The van der Waals surface area contributed by atoms with Crippen molar-refractivity contribution >= 4 is 11.9 Å². The monoisotopic (exact) mass is 285 g/mol. The van der Waals surface area contributed by atoms with E-state index < -0.39 is 0 Å². The van der Waals surface area contributed by atoms with E-state index in [0.717, 1.165) is 24.0 Å². The Hall–Kier alpha value is -2.37. The summed E-state index contributed by atoms with van der Waals surface area (Å²) in [6.07, 6.45) is 7.65. The second-order valence-corrected chi connectivity index (χ2v) is 5.64. The van der Waals surface area contributed by atoms with Crippen molar-refractivity contribution in [2.24, 2.45) is 7.05 Å². The zero-order valence-electron chi connectivity index (χ0n) is 12.5. The molecule has 0 bridgehead atoms. The largest absolute Gasteiger partial charge is 0.348 e. The number of rotatable bonds is 4. The molecule has 2 aromatic rings. The number of nitrogens with zero attached hydrogens (tertiary/aromatic N) is 4. The minimum atomic E-state index is -0.0166. The Morgan fingerprint density at radius 2 is 1.95 bits per heavy atom. The Balaban J connectivity index is 1.83. The van der Waals surface area contributed by atoms with Gasteiger partial charge in [-0.25, -0.2) is 9.97 Å². The van der Waals surface area contributed by atoms with Crippen molar-refractivity contribution in [2.45, 2.75) is 18.9 Å². The maximum Gasteiger partial charge on any atom is 0.268 e. The number of anilines is 1. The standard InChI is InChI=1S/C15H19N5O/c1-19(2)15-16-7-11(8-17-15)10-6-13(20(3)9-10)14(21)18-12-4-5-12/h6-9,12H,4-5H2,1-3H3,(H,18,21). The van der Waals surface area contributed by atoms with Crippen LogP contribution in [0.1, 0.15) is 23.3 Å². The first-order chi connectivity index (χ1) is 10.0. The van der Waals surface area contributed by atoms with Crippen LogP contribution < -0.4 is 10.2 Å². The Morgan fingerprint density at radius 3 is 2.52 bits per heavy atom. The molecule has 110 valence electrons. The van der Waals surface area contributed by atoms with E-state index in [2.05, 4.69) is 15.3 Å². The average Bonchev–Trinajstić information content (AvgIpc) is 3.18. The van der Waals surface area contributed by atoms with Crippen molar-refractivity contribution in [3.8, 4) is 11.1 Å². The van der Waals surface area contributed by atoms with Gasteiger partial charge in [0.1, 0.15) is 5.69 Å². The molecule has 0 unspecified atom stereocenters. The molecule has 3 rings (SSSR count). The Morgan fingerprint density at radius 1 is 1.29 bits per heavy atom. The fraction of sp³-hybridized carbons (Fsp3) is 0.400. The van der Waals surface area contributed by atoms with Crippen LogP contribution in [0, 0.1) is 0 Å². The van der Waals surface area contributed by atoms with Crippen molar-refractivity contribution < 1.29 is 4.79 Å². The Kier molecular flexibility index (Phi) is 3.37. The van der Waals surface area contributed by atoms with E-state index in [0.29, 0.717) is 17.7 Å². The van der Waals surface area contributed by atoms with Gasteiger partial charge in [-0.1, -0.05) is 0 Å². The highest BCUT2D eigenvalue weighted by Crippen LogP contribution is 2.23. The van der Waals surface area contributed by atoms with Crippen LogP contribution in [0.2, 0.25) is 0 Å². The summed E-state index contributed by atoms with van der Waals surface area (Å²) in [7, 11) is 5.68. The number of amides is 1. The molecule has 1 aliphatic rings. The molecule has 0 atom stereocenters. The van der Waals surface area contributed by atoms with Crippen molar-refractivity contribution in [3.63, 3.8) is 0 Å². The number of nitrogens with one attached hydrogen (secondary N) is 1. The van der Waals surface area contributed by atoms with Gasteiger partial charge in [-0.05, 0) is 18.9 Å². The molecule has 21 heavy (non-hydrogen) atoms. The first-order valence-electron chi connectivity index (χ1n) is 7.01. The van der Waals surface area contributed by atoms with Gasteiger partial charge in [-0.2, -0.15) is 0 Å². The van der Waals surface area contributed by atoms with Gasteiger partial charge in [-0.15, -0.1) is 0 Å². The molecule has 1 aliphatic carbocycles. The molecule has 1 amide bonds. The van der Waals surface area contributed by atoms with Gasteiger partial charge in [-0.3, -0.25) is 4.79 Å². The summed E-state index contributed by atoms with van der Waals surface area (Å²) in [5.74, 6) is 0.651. The van der Waals surface area contributed by atoms with Gasteiger partial charge in [0.15, 0.2) is 0 Å². The van der Waals surface area contributed by atoms with Crippen LogP contribution in [-0.2, 0) is 7.05 Å². The lowest BCUT2D eigenvalue weighted by molar-refractivity contribution is 0.0943. The highest BCUT2D eigenvalue weighted by molar-refractivity contribution is 5.94. The molecule has 6 nitrogen and oxygen atoms in total. The summed E-state index contributed by atoms with van der Waals surface area (Å²) >= 11 is 0. The Labute approximate surface area is 123 Å². The van der Waals surface area contributed by atoms with Crippen LogP contribution in [0.4, 0.5) is 5.95 Å². The zero-order valence-corrected chi connectivity index (χ0v) is 12.5. The molecule has 1 N–H and O–H groups in total. The van der Waals surface area contributed by atoms with Gasteiger partial charge < -0.3 is 14.8 Å². The maximum atomic E-state index is 12.1. The van der Waals surface area contributed by atoms with Crippen molar-refractivity contribution in [1.29, 1.82) is 0 Å². The minimum absolute atomic E-state index is 0.0166. The quantitative estimate of drug-likeness (QED) is 0.923. The SMILES string of the molecule is CN(C)c1ncc(-c2cc(C(=O)NC3CC3)n(C)c2)cn1. The van der Waals surface area contributed by atoms with E-state index in [-0.39, 0.29) is 5.91 Å². The van der Waals surface area contributed by atoms with Gasteiger partial charge in [0.25, 0.3) is 5.91 Å². The number of carbonyl (C=O) groups is 1. The van der Waals surface area contributed by atoms with Gasteiger partial charge in [0, 0.05) is 56.9 Å². The lowest BCUT2D eigenvalue weighted by Crippen LogP contribution is -2.27. The van der Waals surface area contributed by atoms with Crippen LogP contribution in [0.3, 0.4) is 0 Å². The molecule has 1 saturated carbocycles. The third kappa shape index (κ3) is 2.89. The summed E-state index contributed by atoms with van der Waals surface area (Å²) in [6, 6.07) is 2.24. The minimum Gasteiger partial charge on any atom is -0.348 e. The molecule has 0 aliphatic heterocycles. The molecule has 0 spiro atoms. The van der Waals surface area contributed by atoms with E-state index >= 15 is 0 Å². The van der Waals surface area contributed by atoms with Crippen LogP contribution in [0.5, 0.6) is 0 Å². The molecule has 1 fully saturated rings. The van der Waals surface area contributed by atoms with Crippen molar-refractivity contribution in [2.75, 3.05) is 19.0 Å². The molecular weight excluding hydrogens is 266 g/mol. The van der Waals surface area contributed by atoms with E-state index in [4.69, 9.17) is 0 Å². The van der Waals surface area contributed by atoms with E-state index in [1.165, 1.54) is 0 Å². The first-order valence-corrected chi connectivity index (χ1v) is 7.01. The summed E-state index contributed by atoms with van der Waals surface area (Å²) < 4.78 is 1.84. The summed E-state index contributed by atoms with van der Waals surface area (Å²) in [5.41, 5.74) is 2.51. The number of hydrogen-bond donors (Lipinski definition) is 1. The highest BCUT2D eigenvalue weighted by atomic mass is 16.2. The average molecular weight is 285 g/mol. The number of hydrogen-bond acceptors (Lipinski definition) is 4. The summed E-state index contributed by atoms with van der Waals surface area (Å²) in [6.45, 7) is 0. The maximum absolute atomic E-state index is 12.1. The summed E-state index contributed by atoms with van der Waals surface area (Å²) in [4.78, 5) is 22.6. The van der Waals surface area contributed by atoms with Crippen molar-refractivity contribution in [3.05, 3.63) is 30.4 Å².